The molecule has 0 aromatic carbocycles. The Labute approximate surface area is 125 Å². The van der Waals surface area contributed by atoms with Crippen molar-refractivity contribution >= 4 is 27.3 Å². The van der Waals surface area contributed by atoms with E-state index in [4.69, 9.17) is 0 Å². The first-order valence-corrected chi connectivity index (χ1v) is 8.41. The zero-order chi connectivity index (χ0) is 13.8. The monoisotopic (exact) mass is 331 g/mol. The van der Waals surface area contributed by atoms with E-state index in [-0.39, 0.29) is 0 Å². The maximum atomic E-state index is 3.62. The highest BCUT2D eigenvalue weighted by Crippen LogP contribution is 2.34. The van der Waals surface area contributed by atoms with Crippen molar-refractivity contribution in [3.63, 3.8) is 0 Å². The van der Waals surface area contributed by atoms with Gasteiger partial charge in [0.05, 0.1) is 3.79 Å². The fourth-order valence-electron chi connectivity index (χ4n) is 2.59. The lowest BCUT2D eigenvalue weighted by Gasteiger charge is -2.26. The minimum Gasteiger partial charge on any atom is -0.310 e. The maximum Gasteiger partial charge on any atom is 0.0701 e. The standard InChI is InChI=1S/C15H26BrNS/c1-6-17-12(13-7-8-14(16)18-13)9-11(2)10-15(3,4)5/h7-8,11-12,17H,6,9-10H2,1-5H3. The molecule has 0 aliphatic rings. The first-order valence-electron chi connectivity index (χ1n) is 6.80. The number of hydrogen-bond donors (Lipinski definition) is 1. The van der Waals surface area contributed by atoms with Gasteiger partial charge in [0.25, 0.3) is 0 Å². The average Bonchev–Trinajstić information content (AvgIpc) is 2.61. The normalized spacial score (nSPS) is 15.7. The van der Waals surface area contributed by atoms with Crippen LogP contribution in [0.3, 0.4) is 0 Å². The van der Waals surface area contributed by atoms with E-state index in [1.54, 1.807) is 0 Å². The number of nitrogens with one attached hydrogen (secondary N) is 1. The second-order valence-corrected chi connectivity index (χ2v) is 8.85. The first-order chi connectivity index (χ1) is 8.31. The zero-order valence-electron chi connectivity index (χ0n) is 12.2. The third-order valence-corrected chi connectivity index (χ3v) is 4.72. The first kappa shape index (κ1) is 16.2. The minimum absolute atomic E-state index is 0.423. The highest BCUT2D eigenvalue weighted by atomic mass is 79.9. The molecule has 0 aliphatic carbocycles. The molecule has 104 valence electrons. The summed E-state index contributed by atoms with van der Waals surface area (Å²) < 4.78 is 1.23. The van der Waals surface area contributed by atoms with Gasteiger partial charge in [-0.05, 0) is 58.8 Å². The van der Waals surface area contributed by atoms with Crippen molar-refractivity contribution in [1.82, 2.24) is 5.32 Å². The summed E-state index contributed by atoms with van der Waals surface area (Å²) in [5.41, 5.74) is 0.423. The summed E-state index contributed by atoms with van der Waals surface area (Å²) >= 11 is 5.41. The van der Waals surface area contributed by atoms with Gasteiger partial charge in [0, 0.05) is 10.9 Å². The molecule has 0 aliphatic heterocycles. The minimum atomic E-state index is 0.423. The highest BCUT2D eigenvalue weighted by molar-refractivity contribution is 9.11. The quantitative estimate of drug-likeness (QED) is 0.712. The van der Waals surface area contributed by atoms with Crippen LogP contribution in [0.2, 0.25) is 0 Å². The van der Waals surface area contributed by atoms with Gasteiger partial charge < -0.3 is 5.32 Å². The van der Waals surface area contributed by atoms with E-state index in [0.29, 0.717) is 11.5 Å². The number of halogens is 1. The molecule has 0 bridgehead atoms. The molecule has 2 unspecified atom stereocenters. The molecule has 0 radical (unpaired) electrons. The van der Waals surface area contributed by atoms with Crippen LogP contribution in [-0.2, 0) is 0 Å². The van der Waals surface area contributed by atoms with Crippen LogP contribution >= 0.6 is 27.3 Å². The Morgan fingerprint density at radius 2 is 2.00 bits per heavy atom. The second kappa shape index (κ2) is 7.06. The van der Waals surface area contributed by atoms with Crippen molar-refractivity contribution in [3.05, 3.63) is 20.8 Å². The highest BCUT2D eigenvalue weighted by Gasteiger charge is 2.20. The van der Waals surface area contributed by atoms with Crippen molar-refractivity contribution in [2.24, 2.45) is 11.3 Å². The average molecular weight is 332 g/mol. The molecule has 1 nitrogen and oxygen atoms in total. The van der Waals surface area contributed by atoms with Crippen molar-refractivity contribution in [3.8, 4) is 0 Å². The van der Waals surface area contributed by atoms with Crippen molar-refractivity contribution < 1.29 is 0 Å². The van der Waals surface area contributed by atoms with E-state index in [1.165, 1.54) is 21.5 Å². The Balaban J connectivity index is 2.63. The van der Waals surface area contributed by atoms with Crippen molar-refractivity contribution in [2.45, 2.75) is 53.5 Å². The van der Waals surface area contributed by atoms with E-state index in [0.717, 1.165) is 12.5 Å². The molecule has 0 amide bonds. The predicted octanol–water partition coefficient (Wildman–Crippen LogP) is 5.62. The van der Waals surface area contributed by atoms with E-state index in [9.17, 15) is 0 Å². The molecule has 1 rings (SSSR count). The van der Waals surface area contributed by atoms with Crippen LogP contribution in [0.25, 0.3) is 0 Å². The zero-order valence-corrected chi connectivity index (χ0v) is 14.6. The van der Waals surface area contributed by atoms with Crippen LogP contribution in [0.4, 0.5) is 0 Å². The van der Waals surface area contributed by atoms with Crippen LogP contribution in [0, 0.1) is 11.3 Å². The molecular weight excluding hydrogens is 306 g/mol. The van der Waals surface area contributed by atoms with E-state index >= 15 is 0 Å². The molecule has 2 atom stereocenters. The Bertz CT molecular complexity index is 354. The van der Waals surface area contributed by atoms with Gasteiger partial charge in [0.15, 0.2) is 0 Å². The van der Waals surface area contributed by atoms with E-state index in [1.807, 2.05) is 11.3 Å². The topological polar surface area (TPSA) is 12.0 Å². The lowest BCUT2D eigenvalue weighted by Crippen LogP contribution is -2.23. The molecule has 1 aromatic rings. The third-order valence-electron chi connectivity index (χ3n) is 2.99. The van der Waals surface area contributed by atoms with Crippen LogP contribution in [0.5, 0.6) is 0 Å². The van der Waals surface area contributed by atoms with Gasteiger partial charge in [0.2, 0.25) is 0 Å². The van der Waals surface area contributed by atoms with Crippen LogP contribution in [0.1, 0.15) is 58.4 Å². The molecule has 1 aromatic heterocycles. The Kier molecular flexibility index (Phi) is 6.36. The Morgan fingerprint density at radius 1 is 1.33 bits per heavy atom. The maximum absolute atomic E-state index is 3.62. The lowest BCUT2D eigenvalue weighted by molar-refractivity contribution is 0.277. The van der Waals surface area contributed by atoms with Crippen LogP contribution in [-0.4, -0.2) is 6.54 Å². The summed E-state index contributed by atoms with van der Waals surface area (Å²) in [4.78, 5) is 1.45. The fraction of sp³-hybridized carbons (Fsp3) is 0.733. The SMILES string of the molecule is CCNC(CC(C)CC(C)(C)C)c1ccc(Br)s1. The lowest BCUT2D eigenvalue weighted by atomic mass is 9.83. The van der Waals surface area contributed by atoms with E-state index < -0.39 is 0 Å². The summed E-state index contributed by atoms with van der Waals surface area (Å²) in [7, 11) is 0. The van der Waals surface area contributed by atoms with Crippen molar-refractivity contribution in [1.29, 1.82) is 0 Å². The number of hydrogen-bond acceptors (Lipinski definition) is 2. The summed E-state index contributed by atoms with van der Waals surface area (Å²) in [6, 6.07) is 4.90. The van der Waals surface area contributed by atoms with Crippen LogP contribution < -0.4 is 5.32 Å². The van der Waals surface area contributed by atoms with Gasteiger partial charge in [-0.15, -0.1) is 11.3 Å². The molecule has 1 heterocycles. The molecular formula is C15H26BrNS. The Hall–Kier alpha value is 0.140. The number of rotatable bonds is 6. The summed E-state index contributed by atoms with van der Waals surface area (Å²) in [6.07, 6.45) is 2.50. The van der Waals surface area contributed by atoms with E-state index in [2.05, 4.69) is 68.0 Å². The molecule has 0 spiro atoms. The summed E-state index contributed by atoms with van der Waals surface area (Å²) in [6.45, 7) is 12.6. The molecule has 0 saturated carbocycles. The smallest absolute Gasteiger partial charge is 0.0701 e. The largest absolute Gasteiger partial charge is 0.310 e. The fourth-order valence-corrected chi connectivity index (χ4v) is 4.11. The van der Waals surface area contributed by atoms with Gasteiger partial charge in [-0.3, -0.25) is 0 Å². The van der Waals surface area contributed by atoms with Gasteiger partial charge in [-0.25, -0.2) is 0 Å². The molecule has 1 N–H and O–H groups in total. The third kappa shape index (κ3) is 5.85. The number of thiophene rings is 1. The predicted molar refractivity (Wildman–Crippen MR) is 86.3 cm³/mol. The van der Waals surface area contributed by atoms with Gasteiger partial charge in [-0.2, -0.15) is 0 Å². The van der Waals surface area contributed by atoms with Crippen LogP contribution in [0.15, 0.2) is 15.9 Å². The Morgan fingerprint density at radius 3 is 2.44 bits per heavy atom. The molecule has 0 saturated heterocycles. The van der Waals surface area contributed by atoms with Crippen molar-refractivity contribution in [2.75, 3.05) is 6.54 Å². The molecule has 0 fully saturated rings. The van der Waals surface area contributed by atoms with Gasteiger partial charge in [0.1, 0.15) is 0 Å². The molecule has 3 heteroatoms. The van der Waals surface area contributed by atoms with Gasteiger partial charge >= 0.3 is 0 Å². The summed E-state index contributed by atoms with van der Waals surface area (Å²) in [5.74, 6) is 0.745. The summed E-state index contributed by atoms with van der Waals surface area (Å²) in [5, 5.41) is 3.62. The van der Waals surface area contributed by atoms with Gasteiger partial charge in [-0.1, -0.05) is 34.6 Å². The molecule has 18 heavy (non-hydrogen) atoms. The second-order valence-electron chi connectivity index (χ2n) is 6.36.